The predicted octanol–water partition coefficient (Wildman–Crippen LogP) is 3.71. The molecule has 2 aliphatic heterocycles. The summed E-state index contributed by atoms with van der Waals surface area (Å²) in [6.45, 7) is 2.39. The monoisotopic (exact) mass is 504 g/mol. The second-order valence-corrected chi connectivity index (χ2v) is 10.1. The lowest BCUT2D eigenvalue weighted by atomic mass is 9.95. The highest BCUT2D eigenvalue weighted by atomic mass is 32.2. The number of alkyl halides is 3. The molecule has 2 aliphatic rings. The van der Waals surface area contributed by atoms with Gasteiger partial charge in [0.1, 0.15) is 0 Å². The zero-order valence-corrected chi connectivity index (χ0v) is 20.1. The summed E-state index contributed by atoms with van der Waals surface area (Å²) < 4.78 is 43.1. The van der Waals surface area contributed by atoms with E-state index in [2.05, 4.69) is 25.4 Å². The molecule has 1 aromatic carbocycles. The SMILES string of the molecule is Cn1c(SCCCN2C(c3ccccc3C(F)(F)F)CC3CNCC32)nnc1-c1ccc(=O)[nH]c1. The molecule has 0 amide bonds. The Hall–Kier alpha value is -2.63. The van der Waals surface area contributed by atoms with Crippen LogP contribution in [-0.2, 0) is 13.2 Å². The van der Waals surface area contributed by atoms with Crippen molar-refractivity contribution in [1.82, 2.24) is 30.0 Å². The Morgan fingerprint density at radius 2 is 1.97 bits per heavy atom. The van der Waals surface area contributed by atoms with Crippen molar-refractivity contribution >= 4 is 11.8 Å². The number of nitrogens with one attached hydrogen (secondary N) is 2. The maximum Gasteiger partial charge on any atom is 0.416 e. The van der Waals surface area contributed by atoms with E-state index >= 15 is 0 Å². The number of likely N-dealkylation sites (tertiary alicyclic amines) is 1. The predicted molar refractivity (Wildman–Crippen MR) is 128 cm³/mol. The average molecular weight is 505 g/mol. The van der Waals surface area contributed by atoms with Gasteiger partial charge in [0.15, 0.2) is 11.0 Å². The Bertz CT molecular complexity index is 1220. The largest absolute Gasteiger partial charge is 0.416 e. The summed E-state index contributed by atoms with van der Waals surface area (Å²) in [6.07, 6.45) is -1.19. The maximum atomic E-state index is 13.7. The van der Waals surface area contributed by atoms with Gasteiger partial charge in [0.25, 0.3) is 0 Å². The lowest BCUT2D eigenvalue weighted by molar-refractivity contribution is -0.138. The van der Waals surface area contributed by atoms with E-state index in [-0.39, 0.29) is 17.6 Å². The van der Waals surface area contributed by atoms with Crippen LogP contribution in [0.2, 0.25) is 0 Å². The number of fused-ring (bicyclic) bond motifs is 1. The van der Waals surface area contributed by atoms with Crippen molar-refractivity contribution in [2.24, 2.45) is 13.0 Å². The zero-order chi connectivity index (χ0) is 24.6. The highest BCUT2D eigenvalue weighted by molar-refractivity contribution is 7.99. The zero-order valence-electron chi connectivity index (χ0n) is 19.3. The fourth-order valence-electron chi connectivity index (χ4n) is 5.33. The average Bonchev–Trinajstić information content (AvgIpc) is 3.52. The molecule has 7 nitrogen and oxygen atoms in total. The van der Waals surface area contributed by atoms with Crippen LogP contribution in [0.1, 0.15) is 30.0 Å². The first-order chi connectivity index (χ1) is 16.8. The van der Waals surface area contributed by atoms with Crippen molar-refractivity contribution in [3.63, 3.8) is 0 Å². The molecular formula is C24H27F3N6OS. The lowest BCUT2D eigenvalue weighted by Gasteiger charge is -2.31. The van der Waals surface area contributed by atoms with Gasteiger partial charge in [-0.2, -0.15) is 13.2 Å². The minimum atomic E-state index is -4.36. The van der Waals surface area contributed by atoms with Crippen LogP contribution in [0.4, 0.5) is 13.2 Å². The molecule has 0 aliphatic carbocycles. The summed E-state index contributed by atoms with van der Waals surface area (Å²) in [7, 11) is 1.88. The molecule has 5 rings (SSSR count). The molecule has 2 saturated heterocycles. The molecule has 11 heteroatoms. The van der Waals surface area contributed by atoms with Crippen molar-refractivity contribution in [2.45, 2.75) is 36.3 Å². The van der Waals surface area contributed by atoms with Gasteiger partial charge >= 0.3 is 6.18 Å². The fourth-order valence-corrected chi connectivity index (χ4v) is 6.16. The molecule has 3 unspecified atom stereocenters. The van der Waals surface area contributed by atoms with E-state index in [1.165, 1.54) is 18.2 Å². The lowest BCUT2D eigenvalue weighted by Crippen LogP contribution is -2.37. The quantitative estimate of drug-likeness (QED) is 0.377. The Balaban J connectivity index is 1.26. The highest BCUT2D eigenvalue weighted by Gasteiger charge is 2.46. The molecule has 4 heterocycles. The molecule has 2 aromatic heterocycles. The number of aromatic nitrogens is 4. The number of aromatic amines is 1. The molecular weight excluding hydrogens is 477 g/mol. The molecule has 35 heavy (non-hydrogen) atoms. The van der Waals surface area contributed by atoms with Crippen LogP contribution >= 0.6 is 11.8 Å². The van der Waals surface area contributed by atoms with E-state index < -0.39 is 11.7 Å². The van der Waals surface area contributed by atoms with E-state index in [0.717, 1.165) is 48.9 Å². The number of hydrogen-bond acceptors (Lipinski definition) is 6. The Morgan fingerprint density at radius 3 is 2.74 bits per heavy atom. The van der Waals surface area contributed by atoms with Crippen molar-refractivity contribution in [3.8, 4) is 11.4 Å². The van der Waals surface area contributed by atoms with Gasteiger partial charge in [0.2, 0.25) is 5.56 Å². The number of H-pyrrole nitrogens is 1. The van der Waals surface area contributed by atoms with Crippen LogP contribution in [0.25, 0.3) is 11.4 Å². The van der Waals surface area contributed by atoms with E-state index in [4.69, 9.17) is 0 Å². The Kier molecular flexibility index (Phi) is 6.73. The molecule has 0 bridgehead atoms. The van der Waals surface area contributed by atoms with Crippen LogP contribution in [0.3, 0.4) is 0 Å². The van der Waals surface area contributed by atoms with Gasteiger partial charge in [-0.25, -0.2) is 0 Å². The number of hydrogen-bond donors (Lipinski definition) is 2. The number of halogens is 3. The van der Waals surface area contributed by atoms with Crippen molar-refractivity contribution in [3.05, 3.63) is 64.1 Å². The van der Waals surface area contributed by atoms with Crippen molar-refractivity contribution in [1.29, 1.82) is 0 Å². The third kappa shape index (κ3) is 4.89. The van der Waals surface area contributed by atoms with Gasteiger partial charge in [-0.1, -0.05) is 30.0 Å². The van der Waals surface area contributed by atoms with Gasteiger partial charge in [-0.15, -0.1) is 10.2 Å². The number of thioether (sulfide) groups is 1. The van der Waals surface area contributed by atoms with Gasteiger partial charge in [0, 0.05) is 49.3 Å². The van der Waals surface area contributed by atoms with Crippen LogP contribution in [0, 0.1) is 5.92 Å². The summed E-state index contributed by atoms with van der Waals surface area (Å²) in [5.41, 5.74) is 0.463. The third-order valence-corrected chi connectivity index (χ3v) is 8.06. The van der Waals surface area contributed by atoms with E-state index in [0.29, 0.717) is 17.3 Å². The number of pyridine rings is 1. The molecule has 0 saturated carbocycles. The first-order valence-electron chi connectivity index (χ1n) is 11.7. The van der Waals surface area contributed by atoms with Crippen molar-refractivity contribution in [2.75, 3.05) is 25.4 Å². The van der Waals surface area contributed by atoms with Gasteiger partial charge in [0.05, 0.1) is 5.56 Å². The van der Waals surface area contributed by atoms with Crippen LogP contribution in [0.15, 0.2) is 52.5 Å². The normalized spacial score (nSPS) is 22.6. The Labute approximate surface area is 205 Å². The minimum absolute atomic E-state index is 0.178. The molecule has 2 N–H and O–H groups in total. The number of nitrogens with zero attached hydrogens (tertiary/aromatic N) is 4. The summed E-state index contributed by atoms with van der Waals surface area (Å²) in [4.78, 5) is 16.2. The fraction of sp³-hybridized carbons (Fsp3) is 0.458. The second kappa shape index (κ2) is 9.79. The molecule has 2 fully saturated rings. The summed E-state index contributed by atoms with van der Waals surface area (Å²) in [5.74, 6) is 1.80. The first-order valence-corrected chi connectivity index (χ1v) is 12.7. The third-order valence-electron chi connectivity index (χ3n) is 6.95. The van der Waals surface area contributed by atoms with E-state index in [9.17, 15) is 18.0 Å². The first kappa shape index (κ1) is 24.1. The summed E-state index contributed by atoms with van der Waals surface area (Å²) in [5, 5.41) is 12.7. The van der Waals surface area contributed by atoms with Crippen molar-refractivity contribution < 1.29 is 13.2 Å². The van der Waals surface area contributed by atoms with E-state index in [1.54, 1.807) is 36.2 Å². The van der Waals surface area contributed by atoms with Crippen LogP contribution in [-0.4, -0.2) is 56.1 Å². The van der Waals surface area contributed by atoms with Gasteiger partial charge in [-0.3, -0.25) is 9.69 Å². The topological polar surface area (TPSA) is 78.8 Å². The maximum absolute atomic E-state index is 13.7. The van der Waals surface area contributed by atoms with Crippen LogP contribution < -0.4 is 10.9 Å². The van der Waals surface area contributed by atoms with E-state index in [1.807, 2.05) is 11.6 Å². The summed E-state index contributed by atoms with van der Waals surface area (Å²) >= 11 is 1.57. The molecule has 3 atom stereocenters. The highest BCUT2D eigenvalue weighted by Crippen LogP contribution is 2.45. The molecule has 186 valence electrons. The van der Waals surface area contributed by atoms with Gasteiger partial charge < -0.3 is 14.9 Å². The smallest absolute Gasteiger partial charge is 0.328 e. The molecule has 3 aromatic rings. The summed E-state index contributed by atoms with van der Waals surface area (Å²) in [6, 6.07) is 9.20. The Morgan fingerprint density at radius 1 is 1.14 bits per heavy atom. The molecule has 0 spiro atoms. The molecule has 0 radical (unpaired) electrons. The van der Waals surface area contributed by atoms with Gasteiger partial charge in [-0.05, 0) is 49.5 Å². The second-order valence-electron chi connectivity index (χ2n) is 9.07. The standard InChI is InChI=1S/C24H27F3N6OS/c1-32-22(15-7-8-21(34)29-13-15)30-31-23(32)35-10-4-9-33-19(11-16-12-28-14-20(16)33)17-5-2-3-6-18(17)24(25,26)27/h2-3,5-8,13,16,19-20,28H,4,9-12,14H2,1H3,(H,29,34). The number of rotatable bonds is 7. The van der Waals surface area contributed by atoms with Crippen LogP contribution in [0.5, 0.6) is 0 Å². The minimum Gasteiger partial charge on any atom is -0.328 e. The number of benzene rings is 1.